The minimum Gasteiger partial charge on any atom is -0.330 e. The summed E-state index contributed by atoms with van der Waals surface area (Å²) in [6.07, 6.45) is 2.02. The Morgan fingerprint density at radius 2 is 1.95 bits per heavy atom. The smallest absolute Gasteiger partial charge is 0.109 e. The molecule has 3 heteroatoms. The van der Waals surface area contributed by atoms with Gasteiger partial charge in [0.1, 0.15) is 5.82 Å². The molecule has 0 spiro atoms. The summed E-state index contributed by atoms with van der Waals surface area (Å²) >= 11 is 0. The highest BCUT2D eigenvalue weighted by atomic mass is 15.1. The van der Waals surface area contributed by atoms with Crippen LogP contribution in [0.5, 0.6) is 0 Å². The first-order valence-electron chi connectivity index (χ1n) is 7.53. The summed E-state index contributed by atoms with van der Waals surface area (Å²) < 4.78 is 2.29. The zero-order chi connectivity index (χ0) is 14.4. The standard InChI is InChI=1S/C18H19N3/c1-12-18(20-17-9-8-16(19)11-21(12)17)15-7-6-13-4-2-3-5-14(13)10-15/h2-7,10,16H,8-9,11,19H2,1H3. The van der Waals surface area contributed by atoms with Gasteiger partial charge in [-0.05, 0) is 30.2 Å². The molecule has 0 aliphatic carbocycles. The Balaban J connectivity index is 1.85. The minimum absolute atomic E-state index is 0.259. The second kappa shape index (κ2) is 4.71. The molecule has 0 amide bonds. The maximum absolute atomic E-state index is 6.09. The lowest BCUT2D eigenvalue weighted by molar-refractivity contribution is 0.448. The van der Waals surface area contributed by atoms with Crippen molar-refractivity contribution in [2.75, 3.05) is 0 Å². The zero-order valence-electron chi connectivity index (χ0n) is 12.2. The molecule has 1 aromatic heterocycles. The van der Waals surface area contributed by atoms with Crippen molar-refractivity contribution in [2.24, 2.45) is 5.73 Å². The van der Waals surface area contributed by atoms with E-state index in [-0.39, 0.29) is 6.04 Å². The average molecular weight is 277 g/mol. The highest BCUT2D eigenvalue weighted by Crippen LogP contribution is 2.29. The molecule has 3 aromatic rings. The number of aromatic nitrogens is 2. The topological polar surface area (TPSA) is 43.8 Å². The highest BCUT2D eigenvalue weighted by Gasteiger charge is 2.21. The summed E-state index contributed by atoms with van der Waals surface area (Å²) in [7, 11) is 0. The highest BCUT2D eigenvalue weighted by molar-refractivity contribution is 5.87. The van der Waals surface area contributed by atoms with E-state index in [0.29, 0.717) is 0 Å². The fourth-order valence-corrected chi connectivity index (χ4v) is 3.28. The average Bonchev–Trinajstić information content (AvgIpc) is 2.84. The Labute approximate surface area is 124 Å². The molecule has 0 fully saturated rings. The van der Waals surface area contributed by atoms with Crippen molar-refractivity contribution >= 4 is 10.8 Å². The van der Waals surface area contributed by atoms with Crippen LogP contribution in [0.1, 0.15) is 17.9 Å². The van der Waals surface area contributed by atoms with Gasteiger partial charge in [-0.2, -0.15) is 0 Å². The van der Waals surface area contributed by atoms with Crippen molar-refractivity contribution in [1.29, 1.82) is 0 Å². The van der Waals surface area contributed by atoms with Gasteiger partial charge < -0.3 is 10.3 Å². The number of hydrogen-bond donors (Lipinski definition) is 1. The van der Waals surface area contributed by atoms with Gasteiger partial charge in [0, 0.05) is 30.3 Å². The van der Waals surface area contributed by atoms with Gasteiger partial charge in [-0.3, -0.25) is 0 Å². The third-order valence-electron chi connectivity index (χ3n) is 4.48. The molecule has 106 valence electrons. The minimum atomic E-state index is 0.259. The molecule has 4 rings (SSSR count). The van der Waals surface area contributed by atoms with E-state index in [4.69, 9.17) is 10.7 Å². The molecule has 2 N–H and O–H groups in total. The Morgan fingerprint density at radius 1 is 1.14 bits per heavy atom. The summed E-state index contributed by atoms with van der Waals surface area (Å²) in [5, 5.41) is 2.53. The Morgan fingerprint density at radius 3 is 2.81 bits per heavy atom. The van der Waals surface area contributed by atoms with Crippen LogP contribution in [0.25, 0.3) is 22.0 Å². The first-order valence-corrected chi connectivity index (χ1v) is 7.53. The van der Waals surface area contributed by atoms with Gasteiger partial charge in [-0.15, -0.1) is 0 Å². The van der Waals surface area contributed by atoms with Crippen LogP contribution in [-0.4, -0.2) is 15.6 Å². The third kappa shape index (κ3) is 2.05. The first-order chi connectivity index (χ1) is 10.2. The van der Waals surface area contributed by atoms with E-state index in [1.165, 1.54) is 27.9 Å². The van der Waals surface area contributed by atoms with Gasteiger partial charge in [-0.25, -0.2) is 4.98 Å². The Kier molecular flexibility index (Phi) is 2.82. The number of fused-ring (bicyclic) bond motifs is 2. The number of benzene rings is 2. The summed E-state index contributed by atoms with van der Waals surface area (Å²) in [6.45, 7) is 3.04. The first kappa shape index (κ1) is 12.6. The van der Waals surface area contributed by atoms with Crippen LogP contribution in [0.15, 0.2) is 42.5 Å². The molecule has 1 aliphatic rings. The van der Waals surface area contributed by atoms with Gasteiger partial charge in [0.15, 0.2) is 0 Å². The van der Waals surface area contributed by atoms with Gasteiger partial charge in [0.2, 0.25) is 0 Å². The van der Waals surface area contributed by atoms with Crippen LogP contribution in [0.4, 0.5) is 0 Å². The molecule has 21 heavy (non-hydrogen) atoms. The fraction of sp³-hybridized carbons (Fsp3) is 0.278. The molecule has 1 atom stereocenters. The molecule has 1 unspecified atom stereocenters. The molecule has 3 nitrogen and oxygen atoms in total. The quantitative estimate of drug-likeness (QED) is 0.741. The zero-order valence-corrected chi connectivity index (χ0v) is 12.2. The number of aryl methyl sites for hydroxylation is 1. The van der Waals surface area contributed by atoms with Crippen molar-refractivity contribution in [2.45, 2.75) is 32.4 Å². The summed E-state index contributed by atoms with van der Waals surface area (Å²) in [5.41, 5.74) is 9.62. The predicted molar refractivity (Wildman–Crippen MR) is 86.2 cm³/mol. The molecule has 0 radical (unpaired) electrons. The van der Waals surface area contributed by atoms with E-state index < -0.39 is 0 Å². The summed E-state index contributed by atoms with van der Waals surface area (Å²) in [4.78, 5) is 4.87. The predicted octanol–water partition coefficient (Wildman–Crippen LogP) is 3.29. The number of hydrogen-bond acceptors (Lipinski definition) is 2. The maximum Gasteiger partial charge on any atom is 0.109 e. The van der Waals surface area contributed by atoms with Crippen molar-refractivity contribution in [3.05, 3.63) is 54.0 Å². The van der Waals surface area contributed by atoms with Gasteiger partial charge in [0.05, 0.1) is 5.69 Å². The number of imidazole rings is 1. The normalized spacial score (nSPS) is 17.9. The monoisotopic (exact) mass is 277 g/mol. The van der Waals surface area contributed by atoms with E-state index >= 15 is 0 Å². The summed E-state index contributed by atoms with van der Waals surface area (Å²) in [5.74, 6) is 1.18. The molecule has 0 saturated heterocycles. The second-order valence-corrected chi connectivity index (χ2v) is 5.93. The molecule has 1 aliphatic heterocycles. The molecule has 0 bridgehead atoms. The van der Waals surface area contributed by atoms with E-state index in [1.54, 1.807) is 0 Å². The fourth-order valence-electron chi connectivity index (χ4n) is 3.28. The van der Waals surface area contributed by atoms with Crippen LogP contribution in [0.2, 0.25) is 0 Å². The van der Waals surface area contributed by atoms with Gasteiger partial charge in [-0.1, -0.05) is 36.4 Å². The Hall–Kier alpha value is -2.13. The van der Waals surface area contributed by atoms with Crippen LogP contribution < -0.4 is 5.73 Å². The molecular formula is C18H19N3. The lowest BCUT2D eigenvalue weighted by Crippen LogP contribution is -2.32. The van der Waals surface area contributed by atoms with E-state index in [2.05, 4.69) is 54.0 Å². The lowest BCUT2D eigenvalue weighted by Gasteiger charge is -2.21. The summed E-state index contributed by atoms with van der Waals surface area (Å²) in [6, 6.07) is 15.3. The van der Waals surface area contributed by atoms with Crippen molar-refractivity contribution in [3.63, 3.8) is 0 Å². The number of rotatable bonds is 1. The second-order valence-electron chi connectivity index (χ2n) is 5.93. The van der Waals surface area contributed by atoms with Gasteiger partial charge in [0.25, 0.3) is 0 Å². The van der Waals surface area contributed by atoms with Crippen LogP contribution in [0.3, 0.4) is 0 Å². The van der Waals surface area contributed by atoms with Crippen LogP contribution >= 0.6 is 0 Å². The van der Waals surface area contributed by atoms with Gasteiger partial charge >= 0.3 is 0 Å². The van der Waals surface area contributed by atoms with E-state index in [0.717, 1.165) is 25.1 Å². The molecular weight excluding hydrogens is 258 g/mol. The molecule has 2 aromatic carbocycles. The number of nitrogens with zero attached hydrogens (tertiary/aromatic N) is 2. The molecule has 2 heterocycles. The van der Waals surface area contributed by atoms with Crippen LogP contribution in [0, 0.1) is 6.92 Å². The third-order valence-corrected chi connectivity index (χ3v) is 4.48. The van der Waals surface area contributed by atoms with E-state index in [1.807, 2.05) is 0 Å². The van der Waals surface area contributed by atoms with Crippen molar-refractivity contribution in [3.8, 4) is 11.3 Å². The Bertz CT molecular complexity index is 816. The lowest BCUT2D eigenvalue weighted by atomic mass is 10.0. The SMILES string of the molecule is Cc1c(-c2ccc3ccccc3c2)nc2n1CC(N)CC2. The number of nitrogens with two attached hydrogens (primary N) is 1. The van der Waals surface area contributed by atoms with Crippen LogP contribution in [-0.2, 0) is 13.0 Å². The maximum atomic E-state index is 6.09. The van der Waals surface area contributed by atoms with E-state index in [9.17, 15) is 0 Å². The van der Waals surface area contributed by atoms with Crippen molar-refractivity contribution < 1.29 is 0 Å². The van der Waals surface area contributed by atoms with Crippen molar-refractivity contribution in [1.82, 2.24) is 9.55 Å². The molecule has 0 saturated carbocycles. The largest absolute Gasteiger partial charge is 0.330 e.